The number of rotatable bonds is 4. The molecule has 0 aliphatic carbocycles. The van der Waals surface area contributed by atoms with E-state index in [0.717, 1.165) is 13.0 Å². The Labute approximate surface area is 127 Å². The molecule has 0 atom stereocenters. The molecule has 0 fully saturated rings. The van der Waals surface area contributed by atoms with Crippen LogP contribution in [0.3, 0.4) is 0 Å². The standard InChI is InChI=1S/C20H23N/c1-4-17-6-5-7-19-12-13-21(20(17)19)14-16-8-10-18(11-9-16)15(2)3/h5-13,15H,4,14H2,1-3H3. The normalized spacial score (nSPS) is 11.4. The summed E-state index contributed by atoms with van der Waals surface area (Å²) in [6, 6.07) is 17.8. The summed E-state index contributed by atoms with van der Waals surface area (Å²) in [5.41, 5.74) is 5.58. The average molecular weight is 277 g/mol. The third-order valence-electron chi connectivity index (χ3n) is 4.25. The maximum Gasteiger partial charge on any atom is 0.0515 e. The Balaban J connectivity index is 1.94. The third-order valence-corrected chi connectivity index (χ3v) is 4.25. The van der Waals surface area contributed by atoms with Crippen molar-refractivity contribution in [1.82, 2.24) is 4.57 Å². The summed E-state index contributed by atoms with van der Waals surface area (Å²) >= 11 is 0. The van der Waals surface area contributed by atoms with Gasteiger partial charge < -0.3 is 4.57 Å². The number of aryl methyl sites for hydroxylation is 1. The van der Waals surface area contributed by atoms with Crippen LogP contribution in [0, 0.1) is 0 Å². The number of para-hydroxylation sites is 1. The topological polar surface area (TPSA) is 4.93 Å². The number of benzene rings is 2. The molecule has 2 aromatic carbocycles. The van der Waals surface area contributed by atoms with Gasteiger partial charge in [0.1, 0.15) is 0 Å². The van der Waals surface area contributed by atoms with Crippen molar-refractivity contribution in [3.63, 3.8) is 0 Å². The molecule has 1 heteroatoms. The highest BCUT2D eigenvalue weighted by molar-refractivity contribution is 5.83. The molecule has 1 heterocycles. The third kappa shape index (κ3) is 2.73. The Hall–Kier alpha value is -2.02. The Morgan fingerprint density at radius 2 is 1.71 bits per heavy atom. The van der Waals surface area contributed by atoms with E-state index in [9.17, 15) is 0 Å². The monoisotopic (exact) mass is 277 g/mol. The van der Waals surface area contributed by atoms with Crippen molar-refractivity contribution < 1.29 is 0 Å². The largest absolute Gasteiger partial charge is 0.343 e. The minimum absolute atomic E-state index is 0.596. The van der Waals surface area contributed by atoms with Crippen LogP contribution in [0.4, 0.5) is 0 Å². The molecule has 0 saturated heterocycles. The van der Waals surface area contributed by atoms with Crippen molar-refractivity contribution in [2.75, 3.05) is 0 Å². The summed E-state index contributed by atoms with van der Waals surface area (Å²) < 4.78 is 2.37. The van der Waals surface area contributed by atoms with Crippen LogP contribution in [0.15, 0.2) is 54.7 Å². The summed E-state index contributed by atoms with van der Waals surface area (Å²) in [5.74, 6) is 0.596. The second-order valence-electron chi connectivity index (χ2n) is 6.05. The molecule has 3 rings (SSSR count). The molecule has 21 heavy (non-hydrogen) atoms. The van der Waals surface area contributed by atoms with Gasteiger partial charge in [-0.2, -0.15) is 0 Å². The van der Waals surface area contributed by atoms with Gasteiger partial charge in [-0.05, 0) is 40.5 Å². The summed E-state index contributed by atoms with van der Waals surface area (Å²) in [7, 11) is 0. The van der Waals surface area contributed by atoms with Gasteiger partial charge in [0.25, 0.3) is 0 Å². The lowest BCUT2D eigenvalue weighted by atomic mass is 10.0. The zero-order valence-corrected chi connectivity index (χ0v) is 13.1. The molecule has 108 valence electrons. The van der Waals surface area contributed by atoms with E-state index in [2.05, 4.69) is 80.1 Å². The van der Waals surface area contributed by atoms with E-state index in [1.165, 1.54) is 27.6 Å². The fraction of sp³-hybridized carbons (Fsp3) is 0.300. The second kappa shape index (κ2) is 5.77. The molecule has 0 unspecified atom stereocenters. The van der Waals surface area contributed by atoms with Gasteiger partial charge >= 0.3 is 0 Å². The van der Waals surface area contributed by atoms with Crippen molar-refractivity contribution in [3.8, 4) is 0 Å². The van der Waals surface area contributed by atoms with Crippen molar-refractivity contribution >= 4 is 10.9 Å². The predicted molar refractivity (Wildman–Crippen MR) is 90.9 cm³/mol. The molecule has 0 amide bonds. The van der Waals surface area contributed by atoms with Crippen LogP contribution in [0.1, 0.15) is 43.4 Å². The zero-order chi connectivity index (χ0) is 14.8. The number of hydrogen-bond donors (Lipinski definition) is 0. The van der Waals surface area contributed by atoms with Gasteiger partial charge in [-0.1, -0.05) is 63.2 Å². The van der Waals surface area contributed by atoms with Gasteiger partial charge in [0.2, 0.25) is 0 Å². The number of nitrogens with zero attached hydrogens (tertiary/aromatic N) is 1. The number of fused-ring (bicyclic) bond motifs is 1. The van der Waals surface area contributed by atoms with Gasteiger partial charge in [0.05, 0.1) is 5.52 Å². The van der Waals surface area contributed by atoms with Crippen molar-refractivity contribution in [2.45, 2.75) is 39.7 Å². The molecule has 0 radical (unpaired) electrons. The molecule has 0 bridgehead atoms. The van der Waals surface area contributed by atoms with Gasteiger partial charge in [-0.15, -0.1) is 0 Å². The van der Waals surface area contributed by atoms with Crippen LogP contribution in [-0.2, 0) is 13.0 Å². The molecule has 3 aromatic rings. The van der Waals surface area contributed by atoms with Crippen LogP contribution in [0.25, 0.3) is 10.9 Å². The molecular weight excluding hydrogens is 254 g/mol. The molecule has 0 aliphatic heterocycles. The molecular formula is C20H23N. The van der Waals surface area contributed by atoms with Crippen molar-refractivity contribution in [2.24, 2.45) is 0 Å². The number of aromatic nitrogens is 1. The highest BCUT2D eigenvalue weighted by Crippen LogP contribution is 2.22. The first-order chi connectivity index (χ1) is 10.2. The lowest BCUT2D eigenvalue weighted by Gasteiger charge is -2.11. The highest BCUT2D eigenvalue weighted by Gasteiger charge is 2.06. The van der Waals surface area contributed by atoms with Crippen molar-refractivity contribution in [3.05, 3.63) is 71.4 Å². The minimum Gasteiger partial charge on any atom is -0.343 e. The smallest absolute Gasteiger partial charge is 0.0515 e. The average Bonchev–Trinajstić information content (AvgIpc) is 2.91. The Kier molecular flexibility index (Phi) is 3.83. The molecule has 0 spiro atoms. The molecule has 0 saturated carbocycles. The summed E-state index contributed by atoms with van der Waals surface area (Å²) in [6.45, 7) is 7.65. The summed E-state index contributed by atoms with van der Waals surface area (Å²) in [5, 5.41) is 1.34. The molecule has 0 N–H and O–H groups in total. The van der Waals surface area contributed by atoms with Crippen LogP contribution >= 0.6 is 0 Å². The SMILES string of the molecule is CCc1cccc2ccn(Cc3ccc(C(C)C)cc3)c12. The van der Waals surface area contributed by atoms with Crippen molar-refractivity contribution in [1.29, 1.82) is 0 Å². The van der Waals surface area contributed by atoms with E-state index in [0.29, 0.717) is 5.92 Å². The molecule has 1 nitrogen and oxygen atoms in total. The second-order valence-corrected chi connectivity index (χ2v) is 6.05. The van der Waals surface area contributed by atoms with Gasteiger partial charge in [-0.25, -0.2) is 0 Å². The zero-order valence-electron chi connectivity index (χ0n) is 13.1. The first-order valence-electron chi connectivity index (χ1n) is 7.84. The minimum atomic E-state index is 0.596. The maximum atomic E-state index is 2.37. The quantitative estimate of drug-likeness (QED) is 0.603. The summed E-state index contributed by atoms with van der Waals surface area (Å²) in [6.07, 6.45) is 3.29. The molecule has 1 aromatic heterocycles. The highest BCUT2D eigenvalue weighted by atomic mass is 15.0. The lowest BCUT2D eigenvalue weighted by molar-refractivity contribution is 0.824. The van der Waals surface area contributed by atoms with Crippen LogP contribution < -0.4 is 0 Å². The van der Waals surface area contributed by atoms with E-state index in [1.807, 2.05) is 0 Å². The Morgan fingerprint density at radius 1 is 0.952 bits per heavy atom. The van der Waals surface area contributed by atoms with E-state index in [-0.39, 0.29) is 0 Å². The van der Waals surface area contributed by atoms with E-state index < -0.39 is 0 Å². The predicted octanol–water partition coefficient (Wildman–Crippen LogP) is 5.38. The van der Waals surface area contributed by atoms with Crippen LogP contribution in [0.5, 0.6) is 0 Å². The number of hydrogen-bond acceptors (Lipinski definition) is 0. The van der Waals surface area contributed by atoms with E-state index in [1.54, 1.807) is 0 Å². The van der Waals surface area contributed by atoms with Crippen LogP contribution in [-0.4, -0.2) is 4.57 Å². The van der Waals surface area contributed by atoms with E-state index >= 15 is 0 Å². The van der Waals surface area contributed by atoms with Gasteiger partial charge in [-0.3, -0.25) is 0 Å². The maximum absolute atomic E-state index is 2.37. The Morgan fingerprint density at radius 3 is 2.38 bits per heavy atom. The van der Waals surface area contributed by atoms with Crippen LogP contribution in [0.2, 0.25) is 0 Å². The Bertz CT molecular complexity index is 732. The van der Waals surface area contributed by atoms with Gasteiger partial charge in [0.15, 0.2) is 0 Å². The summed E-state index contributed by atoms with van der Waals surface area (Å²) in [4.78, 5) is 0. The fourth-order valence-corrected chi connectivity index (χ4v) is 2.96. The molecule has 0 aliphatic rings. The first kappa shape index (κ1) is 13.9. The van der Waals surface area contributed by atoms with Gasteiger partial charge in [0, 0.05) is 12.7 Å². The first-order valence-corrected chi connectivity index (χ1v) is 7.84. The lowest BCUT2D eigenvalue weighted by Crippen LogP contribution is -2.00. The fourth-order valence-electron chi connectivity index (χ4n) is 2.96. The van der Waals surface area contributed by atoms with E-state index in [4.69, 9.17) is 0 Å².